The van der Waals surface area contributed by atoms with Crippen LogP contribution in [-0.2, 0) is 19.9 Å². The average Bonchev–Trinajstić information content (AvgIpc) is 3.76. The summed E-state index contributed by atoms with van der Waals surface area (Å²) >= 11 is 7.54. The minimum Gasteiger partial charge on any atom is -0.396 e. The van der Waals surface area contributed by atoms with Crippen LogP contribution in [-0.4, -0.2) is 94.0 Å². The molecular weight excluding hydrogens is 933 g/mol. The number of halogens is 4. The Hall–Kier alpha value is -4.62. The number of rotatable bonds is 18. The number of hydrogen-bond donors (Lipinski definition) is 4. The number of alkyl halides is 3. The van der Waals surface area contributed by atoms with E-state index in [1.165, 1.54) is 23.9 Å². The van der Waals surface area contributed by atoms with E-state index in [9.17, 15) is 45.0 Å². The van der Waals surface area contributed by atoms with Crippen LogP contribution in [0.3, 0.4) is 0 Å². The van der Waals surface area contributed by atoms with Gasteiger partial charge in [-0.2, -0.15) is 13.2 Å². The highest BCUT2D eigenvalue weighted by Gasteiger charge is 2.48. The summed E-state index contributed by atoms with van der Waals surface area (Å²) in [5.41, 5.74) is -2.77. The second-order valence-corrected chi connectivity index (χ2v) is 21.7. The molecule has 0 radical (unpaired) electrons. The van der Waals surface area contributed by atoms with Crippen LogP contribution in [0.4, 0.5) is 24.5 Å². The number of carbonyl (C=O) groups excluding carboxylic acids is 1. The van der Waals surface area contributed by atoms with Crippen molar-refractivity contribution in [2.24, 2.45) is 5.92 Å². The summed E-state index contributed by atoms with van der Waals surface area (Å²) in [5, 5.41) is 24.6. The fourth-order valence-corrected chi connectivity index (χ4v) is 11.8. The number of nitrogens with one attached hydrogen (secondary N) is 2. The molecule has 0 bridgehead atoms. The minimum atomic E-state index is -6.09. The van der Waals surface area contributed by atoms with E-state index in [2.05, 4.69) is 15.1 Å². The lowest BCUT2D eigenvalue weighted by molar-refractivity contribution is -0.0435. The Labute approximate surface area is 393 Å². The zero-order valence-electron chi connectivity index (χ0n) is 35.9. The van der Waals surface area contributed by atoms with Crippen molar-refractivity contribution >= 4 is 60.5 Å². The molecule has 2 fully saturated rings. The van der Waals surface area contributed by atoms with Crippen molar-refractivity contribution < 1.29 is 45.0 Å². The summed E-state index contributed by atoms with van der Waals surface area (Å²) < 4.78 is 98.1. The van der Waals surface area contributed by atoms with Crippen LogP contribution in [0.15, 0.2) is 136 Å². The highest BCUT2D eigenvalue weighted by Crippen LogP contribution is 2.39. The second-order valence-electron chi connectivity index (χ2n) is 16.6. The zero-order chi connectivity index (χ0) is 47.1. The molecule has 5 aromatic rings. The summed E-state index contributed by atoms with van der Waals surface area (Å²) in [6.07, 6.45) is 3.33. The highest BCUT2D eigenvalue weighted by atomic mass is 35.5. The van der Waals surface area contributed by atoms with Crippen molar-refractivity contribution in [1.82, 2.24) is 9.62 Å². The van der Waals surface area contributed by atoms with Crippen molar-refractivity contribution in [3.63, 3.8) is 0 Å². The van der Waals surface area contributed by atoms with Crippen LogP contribution in [0, 0.1) is 5.92 Å². The summed E-state index contributed by atoms with van der Waals surface area (Å²) in [5.74, 6) is -0.741. The van der Waals surface area contributed by atoms with Crippen LogP contribution in [0.5, 0.6) is 0 Å². The Bertz CT molecular complexity index is 2660. The molecule has 2 heterocycles. The van der Waals surface area contributed by atoms with Gasteiger partial charge in [0.2, 0.25) is 0 Å². The summed E-state index contributed by atoms with van der Waals surface area (Å²) in [6, 6.07) is 32.5. The molecular formula is C48H52ClF3N4O7S3. The van der Waals surface area contributed by atoms with Gasteiger partial charge in [-0.25, -0.2) is 21.6 Å². The van der Waals surface area contributed by atoms with Gasteiger partial charge < -0.3 is 25.3 Å². The lowest BCUT2D eigenvalue weighted by atomic mass is 9.84. The molecule has 7 rings (SSSR count). The monoisotopic (exact) mass is 984 g/mol. The summed E-state index contributed by atoms with van der Waals surface area (Å²) in [4.78, 5) is 16.4. The number of nitrogens with zero attached hydrogens (tertiary/aromatic N) is 2. The van der Waals surface area contributed by atoms with Gasteiger partial charge in [-0.1, -0.05) is 66.2 Å². The van der Waals surface area contributed by atoms with Gasteiger partial charge in [0.25, 0.3) is 25.8 Å². The van der Waals surface area contributed by atoms with Crippen LogP contribution in [0.25, 0.3) is 11.1 Å². The standard InChI is InChI=1S/C48H52ClF3N4O7S3/c49-36-17-13-33(14-18-36)42-11-4-5-12-43(42)46(58)34-23-27-56(28-24-34)38-19-15-35(16-20-38)47(59)54-66(62,63)41-21-22-44(45(31-41)65(60,61)48(50,51)52)53-37(32-64-40-9-2-1-3-10-40)30-39-8-6-25-55(39)26-7-29-57/h1-5,9-22,31,34,37,39,46,53,57-58H,6-8,23-30,32H2,(H,54,59)/t37?,39-,46?/m0/s1. The average molecular weight is 986 g/mol. The molecule has 352 valence electrons. The number of aliphatic hydroxyl groups excluding tert-OH is 2. The predicted molar refractivity (Wildman–Crippen MR) is 253 cm³/mol. The van der Waals surface area contributed by atoms with Crippen LogP contribution >= 0.6 is 23.4 Å². The largest absolute Gasteiger partial charge is 0.501 e. The Morgan fingerprint density at radius 3 is 2.21 bits per heavy atom. The molecule has 0 aliphatic carbocycles. The molecule has 66 heavy (non-hydrogen) atoms. The quantitative estimate of drug-likeness (QED) is 0.0621. The fourth-order valence-electron chi connectivity index (χ4n) is 8.73. The smallest absolute Gasteiger partial charge is 0.396 e. The first-order valence-corrected chi connectivity index (χ1v) is 26.1. The Morgan fingerprint density at radius 2 is 1.53 bits per heavy atom. The summed E-state index contributed by atoms with van der Waals surface area (Å²) in [7, 11) is -11.0. The first-order chi connectivity index (χ1) is 31.5. The topological polar surface area (TPSA) is 156 Å². The number of carbonyl (C=O) groups is 1. The molecule has 5 aromatic carbocycles. The maximum Gasteiger partial charge on any atom is 0.501 e. The second kappa shape index (κ2) is 21.6. The molecule has 3 atom stereocenters. The minimum absolute atomic E-state index is 0.00652. The first-order valence-electron chi connectivity index (χ1n) is 21.7. The number of anilines is 2. The van der Waals surface area contributed by atoms with Crippen molar-refractivity contribution in [2.45, 2.75) is 76.9 Å². The molecule has 2 unspecified atom stereocenters. The van der Waals surface area contributed by atoms with E-state index in [0.717, 1.165) is 58.8 Å². The summed E-state index contributed by atoms with van der Waals surface area (Å²) in [6.45, 7) is 2.63. The molecule has 4 N–H and O–H groups in total. The Kier molecular flexibility index (Phi) is 16.1. The number of piperidine rings is 1. The van der Waals surface area contributed by atoms with E-state index < -0.39 is 58.9 Å². The van der Waals surface area contributed by atoms with Crippen molar-refractivity contribution in [3.05, 3.63) is 137 Å². The number of aliphatic hydroxyl groups is 2. The van der Waals surface area contributed by atoms with Gasteiger partial charge in [0.1, 0.15) is 4.90 Å². The van der Waals surface area contributed by atoms with E-state index in [1.54, 1.807) is 12.1 Å². The molecule has 1 amide bonds. The number of amides is 1. The molecule has 2 saturated heterocycles. The van der Waals surface area contributed by atoms with Crippen molar-refractivity contribution in [1.29, 1.82) is 0 Å². The normalized spacial score (nSPS) is 17.4. The molecule has 2 aliphatic heterocycles. The number of likely N-dealkylation sites (tertiary alicyclic amines) is 1. The molecule has 18 heteroatoms. The van der Waals surface area contributed by atoms with Crippen molar-refractivity contribution in [3.8, 4) is 11.1 Å². The van der Waals surface area contributed by atoms with Crippen molar-refractivity contribution in [2.75, 3.05) is 48.8 Å². The lowest BCUT2D eigenvalue weighted by Gasteiger charge is -2.36. The lowest BCUT2D eigenvalue weighted by Crippen LogP contribution is -2.37. The maximum atomic E-state index is 14.3. The third kappa shape index (κ3) is 11.9. The zero-order valence-corrected chi connectivity index (χ0v) is 39.1. The van der Waals surface area contributed by atoms with Gasteiger partial charge in [0.05, 0.1) is 16.7 Å². The third-order valence-corrected chi connectivity index (χ3v) is 16.5. The van der Waals surface area contributed by atoms with Crippen LogP contribution in [0.1, 0.15) is 60.6 Å². The Morgan fingerprint density at radius 1 is 0.848 bits per heavy atom. The molecule has 0 spiro atoms. The van der Waals surface area contributed by atoms with Gasteiger partial charge >= 0.3 is 5.51 Å². The van der Waals surface area contributed by atoms with Crippen LogP contribution in [0.2, 0.25) is 5.02 Å². The van der Waals surface area contributed by atoms with E-state index in [-0.39, 0.29) is 24.1 Å². The first kappa shape index (κ1) is 49.3. The maximum absolute atomic E-state index is 14.3. The van der Waals surface area contributed by atoms with E-state index in [0.29, 0.717) is 62.2 Å². The van der Waals surface area contributed by atoms with E-state index in [1.807, 2.05) is 83.6 Å². The Balaban J connectivity index is 1.04. The molecule has 11 nitrogen and oxygen atoms in total. The number of thioether (sulfide) groups is 1. The molecule has 0 aromatic heterocycles. The SMILES string of the molecule is O=C(NS(=O)(=O)c1ccc(NC(CSc2ccccc2)C[C@@H]2CCCN2CCCO)c(S(=O)(=O)C(F)(F)F)c1)c1ccc(N2CCC(C(O)c3ccccc3-c3ccc(Cl)cc3)CC2)cc1. The highest BCUT2D eigenvalue weighted by molar-refractivity contribution is 7.99. The van der Waals surface area contributed by atoms with Gasteiger partial charge in [-0.15, -0.1) is 11.8 Å². The number of hydrogen-bond acceptors (Lipinski definition) is 11. The van der Waals surface area contributed by atoms with Gasteiger partial charge in [-0.05, 0) is 134 Å². The predicted octanol–water partition coefficient (Wildman–Crippen LogP) is 9.18. The van der Waals surface area contributed by atoms with Crippen LogP contribution < -0.4 is 14.9 Å². The van der Waals surface area contributed by atoms with E-state index in [4.69, 9.17) is 11.6 Å². The number of sulfone groups is 1. The third-order valence-electron chi connectivity index (χ3n) is 12.2. The van der Waals surface area contributed by atoms with Gasteiger partial charge in [-0.3, -0.25) is 4.79 Å². The molecule has 2 aliphatic rings. The number of benzene rings is 5. The van der Waals surface area contributed by atoms with Gasteiger partial charge in [0.15, 0.2) is 0 Å². The van der Waals surface area contributed by atoms with Gasteiger partial charge in [0, 0.05) is 65.2 Å². The number of sulfonamides is 1. The fraction of sp³-hybridized carbons (Fsp3) is 0.354. The van der Waals surface area contributed by atoms with E-state index >= 15 is 0 Å². The molecule has 0 saturated carbocycles.